The zero-order valence-corrected chi connectivity index (χ0v) is 32.9. The van der Waals surface area contributed by atoms with E-state index in [0.29, 0.717) is 21.8 Å². The average molecular weight is 769 g/mol. The molecule has 0 saturated carbocycles. The molecule has 54 heavy (non-hydrogen) atoms. The molecule has 0 unspecified atom stereocenters. The molecule has 3 aromatic heterocycles. The van der Waals surface area contributed by atoms with Crippen molar-refractivity contribution in [3.8, 4) is 11.1 Å². The number of imide groups is 1. The first-order chi connectivity index (χ1) is 24.8. The van der Waals surface area contributed by atoms with Gasteiger partial charge in [-0.2, -0.15) is 14.3 Å². The Morgan fingerprint density at radius 2 is 1.46 bits per heavy atom. The number of benzene rings is 1. The summed E-state index contributed by atoms with van der Waals surface area (Å²) in [4.78, 5) is 49.4. The van der Waals surface area contributed by atoms with Crippen LogP contribution in [0.2, 0.25) is 0 Å². The van der Waals surface area contributed by atoms with E-state index in [-0.39, 0.29) is 51.7 Å². The Kier molecular flexibility index (Phi) is 10.4. The summed E-state index contributed by atoms with van der Waals surface area (Å²) in [6.45, 7) is 16.6. The number of nitrogens with zero attached hydrogens (tertiary/aromatic N) is 6. The van der Waals surface area contributed by atoms with Gasteiger partial charge in [-0.15, -0.1) is 0 Å². The van der Waals surface area contributed by atoms with Gasteiger partial charge < -0.3 is 19.5 Å². The maximum atomic E-state index is 16.8. The molecule has 5 rings (SSSR count). The first-order valence-corrected chi connectivity index (χ1v) is 18.5. The molecule has 0 radical (unpaired) electrons. The molecule has 1 aliphatic heterocycles. The van der Waals surface area contributed by atoms with E-state index in [9.17, 15) is 22.8 Å². The van der Waals surface area contributed by atoms with Crippen LogP contribution < -0.4 is 15.5 Å². The van der Waals surface area contributed by atoms with Crippen LogP contribution in [0.3, 0.4) is 0 Å². The number of amides is 3. The van der Waals surface area contributed by atoms with E-state index in [1.165, 1.54) is 40.7 Å². The largest absolute Gasteiger partial charge is 0.444 e. The average Bonchev–Trinajstić information content (AvgIpc) is 3.36. The predicted molar refractivity (Wildman–Crippen MR) is 200 cm³/mol. The van der Waals surface area contributed by atoms with Crippen molar-refractivity contribution in [3.05, 3.63) is 53.9 Å². The highest BCUT2D eigenvalue weighted by atomic mass is 32.2. The number of rotatable bonds is 5. The van der Waals surface area contributed by atoms with Gasteiger partial charge in [0.1, 0.15) is 22.6 Å². The number of carbonyl (C=O) groups is 3. The van der Waals surface area contributed by atoms with Crippen molar-refractivity contribution in [2.45, 2.75) is 98.5 Å². The molecule has 3 amide bonds. The van der Waals surface area contributed by atoms with Gasteiger partial charge in [0, 0.05) is 42.0 Å². The minimum Gasteiger partial charge on any atom is -0.444 e. The van der Waals surface area contributed by atoms with Crippen LogP contribution in [-0.2, 0) is 36.7 Å². The normalized spacial score (nSPS) is 14.6. The second kappa shape index (κ2) is 14.1. The van der Waals surface area contributed by atoms with Gasteiger partial charge in [0.15, 0.2) is 17.5 Å². The fraction of sp³-hybridized carbons (Fsp3) is 0.444. The lowest BCUT2D eigenvalue weighted by molar-refractivity contribution is 0.0429. The Bertz CT molecular complexity index is 2230. The number of fused-ring (bicyclic) bond motifs is 2. The maximum absolute atomic E-state index is 16.8. The molecule has 290 valence electrons. The van der Waals surface area contributed by atoms with E-state index in [0.717, 1.165) is 0 Å². The quantitative estimate of drug-likeness (QED) is 0.191. The van der Waals surface area contributed by atoms with E-state index >= 15 is 4.39 Å². The Morgan fingerprint density at radius 3 is 2.06 bits per heavy atom. The minimum atomic E-state index is -3.51. The molecule has 0 atom stereocenters. The molecule has 1 aliphatic rings. The number of aromatic nitrogens is 4. The van der Waals surface area contributed by atoms with Gasteiger partial charge in [0.05, 0.1) is 29.8 Å². The summed E-state index contributed by atoms with van der Waals surface area (Å²) in [5.41, 5.74) is -2.07. The number of anilines is 4. The van der Waals surface area contributed by atoms with E-state index in [2.05, 4.69) is 25.7 Å². The Morgan fingerprint density at radius 1 is 0.852 bits per heavy atom. The molecule has 0 fully saturated rings. The summed E-state index contributed by atoms with van der Waals surface area (Å²) in [5.74, 6) is -0.584. The number of hydrogen-bond donors (Lipinski definition) is 2. The first kappa shape index (κ1) is 39.8. The molecular formula is C36H45FN8O8S. The molecule has 18 heteroatoms. The lowest BCUT2D eigenvalue weighted by Crippen LogP contribution is -2.44. The SMILES string of the molecule is Cc1c(-c2cc3cc(Nc4cc5n(n4)CS(=O)(=O)N(C)C5)ncc3c(NC(=O)OC(C)(C)C)c2F)cncc1N(C(=O)OC(C)(C)C)C(=O)OC(C)(C)C. The van der Waals surface area contributed by atoms with Crippen molar-refractivity contribution in [2.75, 3.05) is 22.6 Å². The number of halogens is 1. The van der Waals surface area contributed by atoms with E-state index < -0.39 is 50.9 Å². The minimum absolute atomic E-state index is 0.0226. The van der Waals surface area contributed by atoms with Crippen LogP contribution >= 0.6 is 0 Å². The lowest BCUT2D eigenvalue weighted by Gasteiger charge is -2.29. The van der Waals surface area contributed by atoms with Gasteiger partial charge in [-0.3, -0.25) is 10.3 Å². The molecule has 1 aromatic carbocycles. The van der Waals surface area contributed by atoms with Crippen molar-refractivity contribution in [1.82, 2.24) is 24.1 Å². The van der Waals surface area contributed by atoms with Crippen LogP contribution in [0, 0.1) is 12.7 Å². The highest BCUT2D eigenvalue weighted by molar-refractivity contribution is 7.88. The van der Waals surface area contributed by atoms with Crippen LogP contribution in [0.15, 0.2) is 36.8 Å². The van der Waals surface area contributed by atoms with Gasteiger partial charge >= 0.3 is 18.3 Å². The van der Waals surface area contributed by atoms with E-state index in [4.69, 9.17) is 14.2 Å². The van der Waals surface area contributed by atoms with Crippen LogP contribution in [0.25, 0.3) is 21.9 Å². The molecule has 0 bridgehead atoms. The second-order valence-corrected chi connectivity index (χ2v) is 17.8. The van der Waals surface area contributed by atoms with Crippen LogP contribution in [0.5, 0.6) is 0 Å². The van der Waals surface area contributed by atoms with Crippen molar-refractivity contribution in [3.63, 3.8) is 0 Å². The van der Waals surface area contributed by atoms with Gasteiger partial charge in [0.2, 0.25) is 10.0 Å². The number of carbonyl (C=O) groups excluding carboxylic acids is 3. The number of ether oxygens (including phenoxy) is 3. The summed E-state index contributed by atoms with van der Waals surface area (Å²) >= 11 is 0. The fourth-order valence-electron chi connectivity index (χ4n) is 5.43. The monoisotopic (exact) mass is 768 g/mol. The molecule has 0 aliphatic carbocycles. The van der Waals surface area contributed by atoms with Gasteiger partial charge in [-0.05, 0) is 92.3 Å². The predicted octanol–water partition coefficient (Wildman–Crippen LogP) is 7.44. The summed E-state index contributed by atoms with van der Waals surface area (Å²) in [5, 5.41) is 10.6. The van der Waals surface area contributed by atoms with Gasteiger partial charge in [-0.1, -0.05) is 0 Å². The third-order valence-electron chi connectivity index (χ3n) is 7.72. The standard InChI is InChI=1S/C36H45FN8O8S/c1-20-24(15-38-17-26(20)45(32(47)52-35(5,6)7)33(48)53-36(8,9)10)23-12-21-13-27(40-28-14-22-18-43(11)54(49,50)19-44(22)42-28)39-16-25(21)30(29(23)37)41-31(46)51-34(2,3)4/h12-17H,18-19H2,1-11H3,(H,41,46)(H,39,40,42). The lowest BCUT2D eigenvalue weighted by atomic mass is 9.97. The third-order valence-corrected chi connectivity index (χ3v) is 9.37. The molecule has 2 N–H and O–H groups in total. The topological polar surface area (TPSA) is 187 Å². The number of pyridine rings is 2. The molecule has 4 aromatic rings. The van der Waals surface area contributed by atoms with E-state index in [1.54, 1.807) is 81.4 Å². The summed E-state index contributed by atoms with van der Waals surface area (Å²) in [7, 11) is -2.02. The summed E-state index contributed by atoms with van der Waals surface area (Å²) < 4.78 is 60.8. The van der Waals surface area contributed by atoms with Gasteiger partial charge in [0.25, 0.3) is 0 Å². The molecule has 0 spiro atoms. The fourth-order valence-corrected chi connectivity index (χ4v) is 6.49. The second-order valence-electron chi connectivity index (χ2n) is 15.8. The van der Waals surface area contributed by atoms with Crippen molar-refractivity contribution in [2.24, 2.45) is 0 Å². The van der Waals surface area contributed by atoms with Crippen LogP contribution in [-0.4, -0.2) is 74.6 Å². The van der Waals surface area contributed by atoms with E-state index in [1.807, 2.05) is 0 Å². The molecule has 4 heterocycles. The summed E-state index contributed by atoms with van der Waals surface area (Å²) in [6, 6.07) is 4.81. The van der Waals surface area contributed by atoms with Crippen molar-refractivity contribution < 1.29 is 41.4 Å². The Balaban J connectivity index is 1.64. The highest BCUT2D eigenvalue weighted by Crippen LogP contribution is 2.39. The zero-order chi connectivity index (χ0) is 40.1. The highest BCUT2D eigenvalue weighted by Gasteiger charge is 2.35. The van der Waals surface area contributed by atoms with Crippen molar-refractivity contribution in [1.29, 1.82) is 0 Å². The number of sulfonamides is 1. The van der Waals surface area contributed by atoms with Gasteiger partial charge in [-0.25, -0.2) is 36.9 Å². The smallest absolute Gasteiger partial charge is 0.424 e. The van der Waals surface area contributed by atoms with Crippen LogP contribution in [0.4, 0.5) is 41.8 Å². The third kappa shape index (κ3) is 9.04. The number of nitrogens with one attached hydrogen (secondary N) is 2. The Labute approximate surface area is 313 Å². The Hall–Kier alpha value is -5.36. The molecule has 16 nitrogen and oxygen atoms in total. The number of hydrogen-bond acceptors (Lipinski definition) is 12. The summed E-state index contributed by atoms with van der Waals surface area (Å²) in [6.07, 6.45) is 1.01. The molecular weight excluding hydrogens is 724 g/mol. The molecule has 0 saturated heterocycles. The first-order valence-electron chi connectivity index (χ1n) is 16.9. The van der Waals surface area contributed by atoms with Crippen molar-refractivity contribution >= 4 is 62.1 Å². The van der Waals surface area contributed by atoms with Crippen LogP contribution in [0.1, 0.15) is 73.6 Å². The zero-order valence-electron chi connectivity index (χ0n) is 32.1. The maximum Gasteiger partial charge on any atom is 0.424 e.